The van der Waals surface area contributed by atoms with Crippen LogP contribution in [0, 0.1) is 11.3 Å². The molecule has 12 nitrogen and oxygen atoms in total. The van der Waals surface area contributed by atoms with Crippen molar-refractivity contribution in [1.29, 1.82) is 5.26 Å². The predicted octanol–water partition coefficient (Wildman–Crippen LogP) is 2.85. The zero-order valence-electron chi connectivity index (χ0n) is 22.9. The van der Waals surface area contributed by atoms with E-state index in [-0.39, 0.29) is 18.1 Å². The van der Waals surface area contributed by atoms with Crippen molar-refractivity contribution in [1.82, 2.24) is 20.6 Å². The average molecular weight is 539 g/mol. The number of fused-ring (bicyclic) bond motifs is 1. The summed E-state index contributed by atoms with van der Waals surface area (Å²) < 4.78 is 5.00. The average Bonchev–Trinajstić information content (AvgIpc) is 3.57. The van der Waals surface area contributed by atoms with E-state index >= 15 is 0 Å². The molecule has 0 spiro atoms. The van der Waals surface area contributed by atoms with Gasteiger partial charge in [-0.3, -0.25) is 19.8 Å². The highest BCUT2D eigenvalue weighted by Gasteiger charge is 2.26. The Morgan fingerprint density at radius 2 is 2.00 bits per heavy atom. The number of carbonyl (C=O) groups is 3. The zero-order chi connectivity index (χ0) is 28.5. The standard InChI is InChI=1S/C21H23N7O4.C4H9N.C2H6/c1-32-6-4-24-17-8-19(25-11-16(17)9-22)27-21(31)28-5-2-3-14-7-15(10-23-13-30)18(12-29)26-20(14)28;1-2-4-5-3-1;1-2/h7-8,11-13H,2-6,10H2,1H3,(H,23,30)(H2,24,25,27,31);5H,1-4H2;1-2H3. The number of nitrogens with one attached hydrogen (secondary N) is 4. The highest BCUT2D eigenvalue weighted by molar-refractivity contribution is 6.01. The second-order valence-electron chi connectivity index (χ2n) is 8.42. The first kappa shape index (κ1) is 31.1. The number of aryl methyl sites for hydroxylation is 1. The van der Waals surface area contributed by atoms with Crippen molar-refractivity contribution in [3.63, 3.8) is 0 Å². The molecule has 0 bridgehead atoms. The third-order valence-electron chi connectivity index (χ3n) is 5.85. The third-order valence-corrected chi connectivity index (χ3v) is 5.85. The van der Waals surface area contributed by atoms with Gasteiger partial charge in [-0.15, -0.1) is 0 Å². The summed E-state index contributed by atoms with van der Waals surface area (Å²) in [6, 6.07) is 4.97. The summed E-state index contributed by atoms with van der Waals surface area (Å²) in [5.41, 5.74) is 2.45. The van der Waals surface area contributed by atoms with Crippen molar-refractivity contribution in [2.75, 3.05) is 55.4 Å². The second-order valence-corrected chi connectivity index (χ2v) is 8.42. The molecule has 4 heterocycles. The molecule has 1 saturated heterocycles. The van der Waals surface area contributed by atoms with Gasteiger partial charge >= 0.3 is 6.03 Å². The van der Waals surface area contributed by atoms with E-state index in [0.29, 0.717) is 67.9 Å². The lowest BCUT2D eigenvalue weighted by Gasteiger charge is -2.29. The minimum absolute atomic E-state index is 0.166. The number of pyridine rings is 2. The lowest BCUT2D eigenvalue weighted by atomic mass is 10.0. The van der Waals surface area contributed by atoms with E-state index in [1.54, 1.807) is 19.2 Å². The van der Waals surface area contributed by atoms with Crippen LogP contribution in [0.15, 0.2) is 18.3 Å². The molecule has 3 amide bonds. The molecule has 0 aromatic carbocycles. The topological polar surface area (TPSA) is 161 Å². The minimum Gasteiger partial charge on any atom is -0.383 e. The van der Waals surface area contributed by atoms with Gasteiger partial charge in [0.05, 0.1) is 17.9 Å². The fourth-order valence-electron chi connectivity index (χ4n) is 4.00. The smallest absolute Gasteiger partial charge is 0.328 e. The predicted molar refractivity (Wildman–Crippen MR) is 150 cm³/mol. The van der Waals surface area contributed by atoms with Crippen LogP contribution in [0.4, 0.5) is 22.1 Å². The monoisotopic (exact) mass is 538 g/mol. The maximum atomic E-state index is 13.0. The van der Waals surface area contributed by atoms with Crippen LogP contribution >= 0.6 is 0 Å². The number of anilines is 3. The van der Waals surface area contributed by atoms with Crippen molar-refractivity contribution in [2.45, 2.75) is 46.1 Å². The Morgan fingerprint density at radius 3 is 2.62 bits per heavy atom. The normalized spacial score (nSPS) is 13.3. The number of amides is 3. The van der Waals surface area contributed by atoms with Crippen LogP contribution in [0.5, 0.6) is 0 Å². The summed E-state index contributed by atoms with van der Waals surface area (Å²) in [6.07, 6.45) is 6.73. The minimum atomic E-state index is -0.450. The molecule has 4 rings (SSSR count). The summed E-state index contributed by atoms with van der Waals surface area (Å²) in [4.78, 5) is 45.1. The first-order chi connectivity index (χ1) is 19.1. The molecule has 12 heteroatoms. The number of rotatable bonds is 9. The van der Waals surface area contributed by atoms with Gasteiger partial charge in [0.1, 0.15) is 23.4 Å². The molecule has 2 aromatic rings. The van der Waals surface area contributed by atoms with Gasteiger partial charge in [0, 0.05) is 44.6 Å². The van der Waals surface area contributed by atoms with Crippen LogP contribution in [0.3, 0.4) is 0 Å². The molecule has 2 aromatic heterocycles. The Hall–Kier alpha value is -4.08. The van der Waals surface area contributed by atoms with Gasteiger partial charge in [0.25, 0.3) is 0 Å². The quantitative estimate of drug-likeness (QED) is 0.278. The fourth-order valence-corrected chi connectivity index (χ4v) is 4.00. The summed E-state index contributed by atoms with van der Waals surface area (Å²) in [5.74, 6) is 0.668. The van der Waals surface area contributed by atoms with E-state index < -0.39 is 6.03 Å². The van der Waals surface area contributed by atoms with Gasteiger partial charge in [0.2, 0.25) is 6.41 Å². The Morgan fingerprint density at radius 1 is 1.23 bits per heavy atom. The summed E-state index contributed by atoms with van der Waals surface area (Å²) in [5, 5.41) is 20.8. The SMILES string of the molecule is C1CCNC1.CC.COCCNc1cc(NC(=O)N2CCCc3cc(CNC=O)c(C=O)nc32)ncc1C#N. The van der Waals surface area contributed by atoms with Crippen molar-refractivity contribution < 1.29 is 19.1 Å². The number of urea groups is 1. The van der Waals surface area contributed by atoms with Crippen molar-refractivity contribution >= 4 is 36.1 Å². The lowest BCUT2D eigenvalue weighted by Crippen LogP contribution is -2.40. The van der Waals surface area contributed by atoms with Crippen LogP contribution < -0.4 is 26.2 Å². The molecular weight excluding hydrogens is 500 g/mol. The van der Waals surface area contributed by atoms with Crippen molar-refractivity contribution in [2.24, 2.45) is 0 Å². The molecule has 0 atom stereocenters. The molecular formula is C27H38N8O4. The number of aldehydes is 1. The molecule has 210 valence electrons. The van der Waals surface area contributed by atoms with Gasteiger partial charge in [-0.2, -0.15) is 5.26 Å². The molecule has 0 radical (unpaired) electrons. The number of nitriles is 1. The number of methoxy groups -OCH3 is 1. The molecule has 0 unspecified atom stereocenters. The summed E-state index contributed by atoms with van der Waals surface area (Å²) in [6.45, 7) is 8.04. The van der Waals surface area contributed by atoms with E-state index in [9.17, 15) is 19.6 Å². The second kappa shape index (κ2) is 17.4. The van der Waals surface area contributed by atoms with Crippen molar-refractivity contribution in [3.8, 4) is 6.07 Å². The maximum Gasteiger partial charge on any atom is 0.328 e. The van der Waals surface area contributed by atoms with E-state index in [1.807, 2.05) is 13.8 Å². The Bertz CT molecular complexity index is 1120. The van der Waals surface area contributed by atoms with Gasteiger partial charge in [-0.05, 0) is 50.4 Å². The molecule has 2 aliphatic rings. The maximum absolute atomic E-state index is 13.0. The number of nitrogens with zero attached hydrogens (tertiary/aromatic N) is 4. The largest absolute Gasteiger partial charge is 0.383 e. The fraction of sp³-hybridized carbons (Fsp3) is 0.481. The number of ether oxygens (including phenoxy) is 1. The van der Waals surface area contributed by atoms with E-state index in [4.69, 9.17) is 4.74 Å². The van der Waals surface area contributed by atoms with Crippen LogP contribution in [-0.4, -0.2) is 68.6 Å². The van der Waals surface area contributed by atoms with Crippen LogP contribution in [0.1, 0.15) is 60.3 Å². The van der Waals surface area contributed by atoms with Crippen molar-refractivity contribution in [3.05, 3.63) is 40.7 Å². The van der Waals surface area contributed by atoms with E-state index in [2.05, 4.69) is 37.3 Å². The molecule has 2 aliphatic heterocycles. The van der Waals surface area contributed by atoms with Crippen LogP contribution in [0.2, 0.25) is 0 Å². The van der Waals surface area contributed by atoms with Gasteiger partial charge in [0.15, 0.2) is 6.29 Å². The first-order valence-electron chi connectivity index (χ1n) is 13.2. The van der Waals surface area contributed by atoms with Gasteiger partial charge in [-0.1, -0.05) is 13.8 Å². The molecule has 0 saturated carbocycles. The molecule has 1 fully saturated rings. The highest BCUT2D eigenvalue weighted by Crippen LogP contribution is 2.28. The number of hydrogen-bond acceptors (Lipinski definition) is 9. The Balaban J connectivity index is 0.000000671. The van der Waals surface area contributed by atoms with E-state index in [1.165, 1.54) is 37.0 Å². The Labute approximate surface area is 229 Å². The highest BCUT2D eigenvalue weighted by atomic mass is 16.5. The number of hydrogen-bond donors (Lipinski definition) is 4. The van der Waals surface area contributed by atoms with Crippen LogP contribution in [0.25, 0.3) is 0 Å². The van der Waals surface area contributed by atoms with Gasteiger partial charge < -0.3 is 20.7 Å². The zero-order valence-corrected chi connectivity index (χ0v) is 22.9. The third kappa shape index (κ3) is 9.31. The summed E-state index contributed by atoms with van der Waals surface area (Å²) >= 11 is 0. The van der Waals surface area contributed by atoms with Gasteiger partial charge in [-0.25, -0.2) is 14.8 Å². The van der Waals surface area contributed by atoms with Crippen LogP contribution in [-0.2, 0) is 22.5 Å². The molecule has 4 N–H and O–H groups in total. The molecule has 0 aliphatic carbocycles. The van der Waals surface area contributed by atoms with E-state index in [0.717, 1.165) is 5.56 Å². The summed E-state index contributed by atoms with van der Waals surface area (Å²) in [7, 11) is 1.58. The first-order valence-corrected chi connectivity index (χ1v) is 13.2. The Kier molecular flexibility index (Phi) is 13.9. The number of aromatic nitrogens is 2. The molecule has 39 heavy (non-hydrogen) atoms. The number of carbonyl (C=O) groups excluding carboxylic acids is 3. The lowest BCUT2D eigenvalue weighted by molar-refractivity contribution is -0.109.